The summed E-state index contributed by atoms with van der Waals surface area (Å²) in [5.74, 6) is 1.99. The number of nitrogens with zero attached hydrogens (tertiary/aromatic N) is 2. The number of carbonyl (C=O) groups is 2. The number of hydrogen-bond donors (Lipinski definition) is 0. The van der Waals surface area contributed by atoms with Crippen LogP contribution in [0.2, 0.25) is 0 Å². The van der Waals surface area contributed by atoms with E-state index in [1.165, 1.54) is 23.4 Å². The lowest BCUT2D eigenvalue weighted by Crippen LogP contribution is -2.50. The summed E-state index contributed by atoms with van der Waals surface area (Å²) in [5, 5.41) is 0. The highest BCUT2D eigenvalue weighted by molar-refractivity contribution is 7.89. The lowest BCUT2D eigenvalue weighted by molar-refractivity contribution is -0.132. The van der Waals surface area contributed by atoms with E-state index in [0.29, 0.717) is 61.3 Å². The van der Waals surface area contributed by atoms with Crippen LogP contribution in [0.1, 0.15) is 41.6 Å². The van der Waals surface area contributed by atoms with Crippen LogP contribution in [0.3, 0.4) is 0 Å². The highest BCUT2D eigenvalue weighted by atomic mass is 32.2. The van der Waals surface area contributed by atoms with Crippen molar-refractivity contribution in [1.82, 2.24) is 9.21 Å². The van der Waals surface area contributed by atoms with Gasteiger partial charge in [-0.25, -0.2) is 8.42 Å². The van der Waals surface area contributed by atoms with Gasteiger partial charge >= 0.3 is 0 Å². The van der Waals surface area contributed by atoms with Crippen LogP contribution < -0.4 is 9.47 Å². The fraction of sp³-hybridized carbons (Fsp3) is 0.478. The highest BCUT2D eigenvalue weighted by Gasteiger charge is 2.31. The average molecular weight is 477 g/mol. The third-order valence-corrected chi connectivity index (χ3v) is 7.78. The molecule has 9 nitrogen and oxygen atoms in total. The SMILES string of the molecule is CC(=O)c1cc(CCC(=O)N2CCN(S(=O)(=O)c3ccc4c(c3)OCCCO4)CC2)oc1C. The Balaban J connectivity index is 1.34. The van der Waals surface area contributed by atoms with Gasteiger partial charge in [0.05, 0.1) is 23.7 Å². The molecule has 0 bridgehead atoms. The molecule has 2 aliphatic rings. The lowest BCUT2D eigenvalue weighted by atomic mass is 10.1. The average Bonchev–Trinajstić information content (AvgIpc) is 3.02. The second kappa shape index (κ2) is 9.56. The molecular formula is C23H28N2O7S. The first-order valence-corrected chi connectivity index (χ1v) is 12.5. The van der Waals surface area contributed by atoms with Gasteiger partial charge in [0.15, 0.2) is 17.3 Å². The number of ketones is 1. The highest BCUT2D eigenvalue weighted by Crippen LogP contribution is 2.33. The number of hydrogen-bond acceptors (Lipinski definition) is 7. The predicted molar refractivity (Wildman–Crippen MR) is 119 cm³/mol. The van der Waals surface area contributed by atoms with Crippen molar-refractivity contribution in [2.75, 3.05) is 39.4 Å². The summed E-state index contributed by atoms with van der Waals surface area (Å²) in [6, 6.07) is 6.35. The Hall–Kier alpha value is -2.85. The maximum absolute atomic E-state index is 13.1. The molecule has 178 valence electrons. The van der Waals surface area contributed by atoms with Gasteiger partial charge in [-0.15, -0.1) is 0 Å². The number of furan rings is 1. The normalized spacial score (nSPS) is 17.0. The number of benzene rings is 1. The minimum absolute atomic E-state index is 0.0685. The maximum atomic E-state index is 13.1. The largest absolute Gasteiger partial charge is 0.490 e. The van der Waals surface area contributed by atoms with Crippen LogP contribution in [0.15, 0.2) is 33.6 Å². The number of rotatable bonds is 6. The van der Waals surface area contributed by atoms with E-state index in [0.717, 1.165) is 6.42 Å². The fourth-order valence-corrected chi connectivity index (χ4v) is 5.47. The van der Waals surface area contributed by atoms with Gasteiger partial charge in [0.1, 0.15) is 11.5 Å². The van der Waals surface area contributed by atoms with Crippen LogP contribution in [0.4, 0.5) is 0 Å². The molecule has 33 heavy (non-hydrogen) atoms. The summed E-state index contributed by atoms with van der Waals surface area (Å²) < 4.78 is 44.4. The minimum atomic E-state index is -3.71. The van der Waals surface area contributed by atoms with E-state index < -0.39 is 10.0 Å². The van der Waals surface area contributed by atoms with Crippen molar-refractivity contribution in [2.45, 2.75) is 38.0 Å². The summed E-state index contributed by atoms with van der Waals surface area (Å²) in [7, 11) is -3.71. The molecule has 0 atom stereocenters. The smallest absolute Gasteiger partial charge is 0.243 e. The van der Waals surface area contributed by atoms with Crippen LogP contribution in [-0.4, -0.2) is 68.7 Å². The zero-order chi connectivity index (χ0) is 23.6. The molecule has 0 spiro atoms. The number of ether oxygens (including phenoxy) is 2. The van der Waals surface area contributed by atoms with E-state index in [9.17, 15) is 18.0 Å². The Kier molecular flexibility index (Phi) is 6.76. The molecule has 1 fully saturated rings. The van der Waals surface area contributed by atoms with Crippen molar-refractivity contribution in [1.29, 1.82) is 0 Å². The zero-order valence-corrected chi connectivity index (χ0v) is 19.7. The molecular weight excluding hydrogens is 448 g/mol. The van der Waals surface area contributed by atoms with Crippen LogP contribution in [0, 0.1) is 6.92 Å². The summed E-state index contributed by atoms with van der Waals surface area (Å²) in [5.41, 5.74) is 0.533. The van der Waals surface area contributed by atoms with Gasteiger partial charge in [-0.1, -0.05) is 0 Å². The van der Waals surface area contributed by atoms with Crippen LogP contribution >= 0.6 is 0 Å². The molecule has 1 saturated heterocycles. The zero-order valence-electron chi connectivity index (χ0n) is 18.8. The first-order chi connectivity index (χ1) is 15.8. The first kappa shape index (κ1) is 23.3. The van der Waals surface area contributed by atoms with Gasteiger partial charge in [0, 0.05) is 51.5 Å². The molecule has 0 saturated carbocycles. The van der Waals surface area contributed by atoms with Crippen molar-refractivity contribution in [3.05, 3.63) is 41.3 Å². The van der Waals surface area contributed by atoms with Crippen LogP contribution in [0.5, 0.6) is 11.5 Å². The molecule has 0 aliphatic carbocycles. The monoisotopic (exact) mass is 476 g/mol. The van der Waals surface area contributed by atoms with Gasteiger partial charge in [0.25, 0.3) is 0 Å². The quantitative estimate of drug-likeness (QED) is 0.590. The second-order valence-electron chi connectivity index (χ2n) is 8.18. The van der Waals surface area contributed by atoms with Gasteiger partial charge in [-0.2, -0.15) is 4.31 Å². The Morgan fingerprint density at radius 3 is 2.36 bits per heavy atom. The van der Waals surface area contributed by atoms with Crippen molar-refractivity contribution in [2.24, 2.45) is 0 Å². The summed E-state index contributed by atoms with van der Waals surface area (Å²) in [4.78, 5) is 26.0. The van der Waals surface area contributed by atoms with Gasteiger partial charge < -0.3 is 18.8 Å². The maximum Gasteiger partial charge on any atom is 0.243 e. The Morgan fingerprint density at radius 1 is 1.00 bits per heavy atom. The summed E-state index contributed by atoms with van der Waals surface area (Å²) in [6.07, 6.45) is 1.37. The standard InChI is InChI=1S/C23H28N2O7S/c1-16(26)20-14-18(32-17(20)2)4-7-23(27)24-8-10-25(11-9-24)33(28,29)19-5-6-21-22(15-19)31-13-3-12-30-21/h5-6,14-15H,3-4,7-13H2,1-2H3. The Morgan fingerprint density at radius 2 is 1.70 bits per heavy atom. The van der Waals surface area contributed by atoms with E-state index >= 15 is 0 Å². The van der Waals surface area contributed by atoms with Crippen LogP contribution in [0.25, 0.3) is 0 Å². The molecule has 1 amide bonds. The summed E-state index contributed by atoms with van der Waals surface area (Å²) in [6.45, 7) is 5.29. The van der Waals surface area contributed by atoms with Gasteiger partial charge in [-0.3, -0.25) is 9.59 Å². The number of amides is 1. The van der Waals surface area contributed by atoms with Crippen molar-refractivity contribution >= 4 is 21.7 Å². The fourth-order valence-electron chi connectivity index (χ4n) is 4.04. The van der Waals surface area contributed by atoms with Gasteiger partial charge in [-0.05, 0) is 32.0 Å². The topological polar surface area (TPSA) is 106 Å². The molecule has 2 aromatic rings. The Bertz CT molecular complexity index is 1150. The molecule has 0 N–H and O–H groups in total. The molecule has 4 rings (SSSR count). The van der Waals surface area contributed by atoms with Crippen LogP contribution in [-0.2, 0) is 21.2 Å². The second-order valence-corrected chi connectivity index (χ2v) is 10.1. The minimum Gasteiger partial charge on any atom is -0.490 e. The molecule has 1 aromatic carbocycles. The van der Waals surface area contributed by atoms with Gasteiger partial charge in [0.2, 0.25) is 15.9 Å². The number of aryl methyl sites for hydroxylation is 2. The molecule has 0 radical (unpaired) electrons. The first-order valence-electron chi connectivity index (χ1n) is 11.0. The predicted octanol–water partition coefficient (Wildman–Crippen LogP) is 2.42. The molecule has 0 unspecified atom stereocenters. The third kappa shape index (κ3) is 5.06. The number of fused-ring (bicyclic) bond motifs is 1. The number of Topliss-reactive ketones (excluding diaryl/α,β-unsaturated/α-hetero) is 1. The molecule has 3 heterocycles. The van der Waals surface area contributed by atoms with Crippen molar-refractivity contribution in [3.63, 3.8) is 0 Å². The lowest BCUT2D eigenvalue weighted by Gasteiger charge is -2.34. The third-order valence-electron chi connectivity index (χ3n) is 5.88. The molecule has 2 aliphatic heterocycles. The molecule has 10 heteroatoms. The molecule has 1 aromatic heterocycles. The van der Waals surface area contributed by atoms with E-state index in [1.54, 1.807) is 24.0 Å². The number of carbonyl (C=O) groups excluding carboxylic acids is 2. The van der Waals surface area contributed by atoms with Crippen molar-refractivity contribution in [3.8, 4) is 11.5 Å². The van der Waals surface area contributed by atoms with E-state index in [2.05, 4.69) is 0 Å². The Labute approximate surface area is 193 Å². The number of piperazine rings is 1. The van der Waals surface area contributed by atoms with Crippen molar-refractivity contribution < 1.29 is 31.9 Å². The van der Waals surface area contributed by atoms with E-state index in [-0.39, 0.29) is 36.1 Å². The number of sulfonamides is 1. The summed E-state index contributed by atoms with van der Waals surface area (Å²) >= 11 is 0. The van der Waals surface area contributed by atoms with E-state index in [4.69, 9.17) is 13.9 Å². The van der Waals surface area contributed by atoms with E-state index in [1.807, 2.05) is 0 Å².